The van der Waals surface area contributed by atoms with Gasteiger partial charge in [-0.2, -0.15) is 0 Å². The van der Waals surface area contributed by atoms with E-state index in [1.165, 1.54) is 52.7 Å². The van der Waals surface area contributed by atoms with E-state index in [1.54, 1.807) is 7.05 Å². The molecule has 59 heavy (non-hydrogen) atoms. The molecule has 3 aromatic rings. The monoisotopic (exact) mass is 873 g/mol. The summed E-state index contributed by atoms with van der Waals surface area (Å²) in [6.07, 6.45) is 4.05. The van der Waals surface area contributed by atoms with Crippen LogP contribution in [0.1, 0.15) is 62.5 Å². The Hall–Kier alpha value is -5.38. The van der Waals surface area contributed by atoms with E-state index in [9.17, 15) is 49.2 Å². The van der Waals surface area contributed by atoms with Gasteiger partial charge in [0.15, 0.2) is 22.3 Å². The number of β-lactam (4-membered cyclic amide) rings is 1. The highest BCUT2D eigenvalue weighted by Gasteiger charge is 2.59. The molecule has 2 bridgehead atoms. The fourth-order valence-electron chi connectivity index (χ4n) is 8.54. The SMILES string of the molecule is C[C@@H]1S[C@@H]2[C@H](NC(=O)C(=NOC(C)(C)C(=O)O)c3csc(N)n3)C(=O)N2C(C(=O)O)=C1C[N+]1(C)[C@@H]2CC[C@H]1CC(NC(=O)c1cn(C)c3cc(O)c(O)c(Cl)c3c1=O)C2. The molecule has 7 rings (SSSR count). The minimum atomic E-state index is -1.81. The van der Waals surface area contributed by atoms with Crippen molar-refractivity contribution in [1.82, 2.24) is 25.1 Å². The van der Waals surface area contributed by atoms with Gasteiger partial charge < -0.3 is 50.7 Å². The average Bonchev–Trinajstić information content (AvgIpc) is 3.63. The number of anilines is 1. The number of thioether (sulfide) groups is 1. The van der Waals surface area contributed by atoms with Crippen LogP contribution in [0.2, 0.25) is 5.02 Å². The number of pyridine rings is 1. The number of nitrogens with zero attached hydrogens (tertiary/aromatic N) is 5. The van der Waals surface area contributed by atoms with E-state index in [2.05, 4.69) is 27.8 Å². The molecule has 3 fully saturated rings. The first-order valence-corrected chi connectivity index (χ1v) is 20.7. The number of aliphatic carboxylic acids is 2. The summed E-state index contributed by atoms with van der Waals surface area (Å²) in [5, 5.41) is 49.5. The Morgan fingerprint density at radius 1 is 1.14 bits per heavy atom. The molecular weight excluding hydrogens is 832 g/mol. The van der Waals surface area contributed by atoms with Crippen molar-refractivity contribution in [3.63, 3.8) is 0 Å². The summed E-state index contributed by atoms with van der Waals surface area (Å²) in [4.78, 5) is 89.4. The molecule has 314 valence electrons. The lowest BCUT2D eigenvalue weighted by molar-refractivity contribution is -0.944. The van der Waals surface area contributed by atoms with E-state index in [1.807, 2.05) is 6.92 Å². The van der Waals surface area contributed by atoms with Crippen molar-refractivity contribution in [2.45, 2.75) is 86.8 Å². The van der Waals surface area contributed by atoms with E-state index in [4.69, 9.17) is 22.2 Å². The third-order valence-electron chi connectivity index (χ3n) is 11.9. The maximum absolute atomic E-state index is 13.7. The van der Waals surface area contributed by atoms with E-state index in [0.29, 0.717) is 29.4 Å². The van der Waals surface area contributed by atoms with Gasteiger partial charge in [0.2, 0.25) is 11.0 Å². The number of likely N-dealkylation sites (N-methyl/N-ethyl adjacent to an activating group) is 1. The van der Waals surface area contributed by atoms with Crippen molar-refractivity contribution in [2.75, 3.05) is 19.3 Å². The number of aromatic hydroxyl groups is 2. The zero-order valence-electron chi connectivity index (χ0n) is 32.4. The highest BCUT2D eigenvalue weighted by Crippen LogP contribution is 2.48. The van der Waals surface area contributed by atoms with E-state index >= 15 is 0 Å². The lowest BCUT2D eigenvalue weighted by Crippen LogP contribution is -2.72. The van der Waals surface area contributed by atoms with Crippen LogP contribution in [0, 0.1) is 0 Å². The average molecular weight is 874 g/mol. The molecule has 19 nitrogen and oxygen atoms in total. The number of aromatic nitrogens is 2. The Morgan fingerprint density at radius 3 is 2.39 bits per heavy atom. The topological polar surface area (TPSA) is 276 Å². The zero-order valence-corrected chi connectivity index (χ0v) is 34.8. The van der Waals surface area contributed by atoms with Crippen LogP contribution in [0.15, 0.2) is 38.9 Å². The number of halogens is 1. The van der Waals surface area contributed by atoms with Crippen molar-refractivity contribution in [3.8, 4) is 11.5 Å². The van der Waals surface area contributed by atoms with Gasteiger partial charge in [-0.1, -0.05) is 16.8 Å². The van der Waals surface area contributed by atoms with Gasteiger partial charge in [0, 0.05) is 67.2 Å². The van der Waals surface area contributed by atoms with Crippen LogP contribution in [0.25, 0.3) is 10.9 Å². The molecule has 4 aliphatic rings. The molecule has 2 unspecified atom stereocenters. The van der Waals surface area contributed by atoms with E-state index in [-0.39, 0.29) is 61.4 Å². The Bertz CT molecular complexity index is 2450. The summed E-state index contributed by atoms with van der Waals surface area (Å²) in [7, 11) is 3.64. The number of carbonyl (C=O) groups is 5. The summed E-state index contributed by atoms with van der Waals surface area (Å²) in [6, 6.07) is -0.235. The zero-order chi connectivity index (χ0) is 43.0. The first-order valence-electron chi connectivity index (χ1n) is 18.5. The smallest absolute Gasteiger partial charge is 0.352 e. The van der Waals surface area contributed by atoms with Crippen LogP contribution < -0.4 is 21.8 Å². The molecule has 1 aromatic carbocycles. The molecule has 2 aromatic heterocycles. The van der Waals surface area contributed by atoms with Crippen LogP contribution in [0.4, 0.5) is 5.13 Å². The second kappa shape index (κ2) is 15.0. The number of carboxylic acids is 2. The minimum absolute atomic E-state index is 0.00582. The molecular formula is C37H42ClN8O11S2+. The fourth-order valence-corrected chi connectivity index (χ4v) is 10.8. The molecule has 0 saturated carbocycles. The Kier molecular flexibility index (Phi) is 10.6. The summed E-state index contributed by atoms with van der Waals surface area (Å²) < 4.78 is 1.96. The maximum atomic E-state index is 13.7. The van der Waals surface area contributed by atoms with Crippen LogP contribution in [0.5, 0.6) is 11.5 Å². The second-order valence-corrected chi connectivity index (χ2v) is 18.6. The number of piperidine rings is 1. The predicted octanol–water partition coefficient (Wildman–Crippen LogP) is 1.92. The first kappa shape index (κ1) is 41.8. The number of nitrogen functional groups attached to an aromatic ring is 1. The number of phenolic OH excluding ortho intramolecular Hbond substituents is 2. The van der Waals surface area contributed by atoms with Gasteiger partial charge in [-0.15, -0.1) is 23.1 Å². The molecule has 4 aliphatic heterocycles. The second-order valence-electron chi connectivity index (χ2n) is 15.9. The number of hydrogen-bond donors (Lipinski definition) is 7. The summed E-state index contributed by atoms with van der Waals surface area (Å²) in [6.45, 7) is 4.64. The maximum Gasteiger partial charge on any atom is 0.352 e. The number of rotatable bonds is 11. The third-order valence-corrected chi connectivity index (χ3v) is 14.3. The molecule has 0 radical (unpaired) electrons. The van der Waals surface area contributed by atoms with Gasteiger partial charge in [-0.05, 0) is 20.8 Å². The van der Waals surface area contributed by atoms with Crippen molar-refractivity contribution in [3.05, 3.63) is 55.4 Å². The quantitative estimate of drug-likeness (QED) is 0.0477. The molecule has 8 N–H and O–H groups in total. The number of benzene rings is 1. The Labute approximate surface area is 349 Å². The molecule has 6 heterocycles. The number of oxime groups is 1. The summed E-state index contributed by atoms with van der Waals surface area (Å²) in [5.74, 6) is -5.96. The molecule has 3 saturated heterocycles. The largest absolute Gasteiger partial charge is 0.504 e. The number of nitrogens with two attached hydrogens (primary N) is 1. The summed E-state index contributed by atoms with van der Waals surface area (Å²) >= 11 is 8.56. The number of nitrogens with one attached hydrogen (secondary N) is 2. The fraction of sp³-hybridized carbons (Fsp3) is 0.459. The van der Waals surface area contributed by atoms with Crippen molar-refractivity contribution in [1.29, 1.82) is 0 Å². The van der Waals surface area contributed by atoms with Gasteiger partial charge in [0.05, 0.1) is 35.1 Å². The van der Waals surface area contributed by atoms with Crippen LogP contribution in [-0.2, 0) is 31.1 Å². The van der Waals surface area contributed by atoms with Crippen LogP contribution in [0.3, 0.4) is 0 Å². The van der Waals surface area contributed by atoms with Gasteiger partial charge in [-0.3, -0.25) is 24.1 Å². The normalized spacial score (nSPS) is 26.6. The van der Waals surface area contributed by atoms with Crippen LogP contribution in [-0.4, -0.2) is 129 Å². The predicted molar refractivity (Wildman–Crippen MR) is 216 cm³/mol. The minimum Gasteiger partial charge on any atom is -0.504 e. The van der Waals surface area contributed by atoms with Crippen molar-refractivity contribution >= 4 is 86.1 Å². The number of carbonyl (C=O) groups excluding carboxylic acids is 3. The number of phenols is 2. The van der Waals surface area contributed by atoms with Gasteiger partial charge >= 0.3 is 11.9 Å². The molecule has 0 spiro atoms. The number of carboxylic acid groups (broad SMARTS) is 2. The van der Waals surface area contributed by atoms with Crippen molar-refractivity contribution < 1.29 is 53.7 Å². The number of hydrogen-bond acceptors (Lipinski definition) is 14. The summed E-state index contributed by atoms with van der Waals surface area (Å²) in [5.41, 5.74) is 3.31. The third kappa shape index (κ3) is 7.12. The van der Waals surface area contributed by atoms with E-state index < -0.39 is 69.3 Å². The Balaban J connectivity index is 1.08. The number of thiazole rings is 1. The Morgan fingerprint density at radius 2 is 1.80 bits per heavy atom. The lowest BCUT2D eigenvalue weighted by Gasteiger charge is -2.53. The van der Waals surface area contributed by atoms with Crippen molar-refractivity contribution in [2.24, 2.45) is 12.2 Å². The molecule has 0 aliphatic carbocycles. The number of fused-ring (bicyclic) bond motifs is 4. The van der Waals surface area contributed by atoms with Gasteiger partial charge in [0.25, 0.3) is 17.7 Å². The number of aryl methyl sites for hydroxylation is 1. The van der Waals surface area contributed by atoms with Gasteiger partial charge in [-0.25, -0.2) is 14.6 Å². The highest BCUT2D eigenvalue weighted by atomic mass is 35.5. The standard InChI is InChI=1S/C37H41ClN8O11S2/c1-14-19(27(34(53)54)45-32(52)26(33(45)59-14)42-31(51)25(20-13-58-36(39)41-20)43-57-37(2,3)35(55)56)12-46(5)16-6-7-17(46)9-15(8-16)40-30(50)18-11-44(4)21-10-22(47)29(49)24(38)23(21)28(18)48/h10-11,13-17,26,33H,6-9,12H2,1-5H3,(H7-,39,40,41,42,43,47,48,49,50,51,53,54,55,56)/p+1/t14-,15?,16-,17+,26+,33+,46?/m0/s1. The first-order chi connectivity index (χ1) is 27.6. The molecule has 3 amide bonds. The lowest BCUT2D eigenvalue weighted by atomic mass is 9.92. The number of amides is 3. The molecule has 22 heteroatoms. The van der Waals surface area contributed by atoms with Crippen LogP contribution >= 0.6 is 34.7 Å². The van der Waals surface area contributed by atoms with Gasteiger partial charge in [0.1, 0.15) is 34.9 Å². The number of quaternary nitrogens is 1. The molecule has 7 atom stereocenters. The highest BCUT2D eigenvalue weighted by molar-refractivity contribution is 8.00. The van der Waals surface area contributed by atoms with E-state index in [0.717, 1.165) is 24.2 Å².